The Balaban J connectivity index is 1.87. The number of rotatable bonds is 6. The second kappa shape index (κ2) is 7.03. The van der Waals surface area contributed by atoms with Gasteiger partial charge in [0.25, 0.3) is 0 Å². The lowest BCUT2D eigenvalue weighted by Crippen LogP contribution is -2.13. The van der Waals surface area contributed by atoms with Crippen molar-refractivity contribution in [2.75, 3.05) is 15.3 Å². The maximum Gasteiger partial charge on any atom is 0.233 e. The summed E-state index contributed by atoms with van der Waals surface area (Å²) in [6, 6.07) is 29.4. The summed E-state index contributed by atoms with van der Waals surface area (Å²) in [6.45, 7) is 0. The van der Waals surface area contributed by atoms with E-state index < -0.39 is 7.51 Å². The van der Waals surface area contributed by atoms with Gasteiger partial charge in [-0.15, -0.1) is 0 Å². The zero-order valence-corrected chi connectivity index (χ0v) is 13.5. The van der Waals surface area contributed by atoms with Crippen LogP contribution in [0.4, 0.5) is 17.1 Å². The smallest absolute Gasteiger partial charge is 0.233 e. The first-order valence-corrected chi connectivity index (χ1v) is 9.17. The second-order valence-corrected chi connectivity index (χ2v) is 7.12. The van der Waals surface area contributed by atoms with Gasteiger partial charge >= 0.3 is 0 Å². The molecule has 0 amide bonds. The van der Waals surface area contributed by atoms with Crippen LogP contribution in [0.15, 0.2) is 91.0 Å². The lowest BCUT2D eigenvalue weighted by Gasteiger charge is -2.28. The van der Waals surface area contributed by atoms with Crippen molar-refractivity contribution in [3.05, 3.63) is 91.0 Å². The first-order chi connectivity index (χ1) is 11.2. The molecular formula is C18H19N4P. The lowest BCUT2D eigenvalue weighted by molar-refractivity contribution is 1.50. The third-order valence-electron chi connectivity index (χ3n) is 3.21. The van der Waals surface area contributed by atoms with Gasteiger partial charge in [0.1, 0.15) is 0 Å². The van der Waals surface area contributed by atoms with Gasteiger partial charge in [-0.25, -0.2) is 0 Å². The molecule has 0 bridgehead atoms. The Bertz CT molecular complexity index is 668. The number of benzene rings is 3. The van der Waals surface area contributed by atoms with Crippen LogP contribution in [0.5, 0.6) is 0 Å². The minimum atomic E-state index is -2.64. The van der Waals surface area contributed by atoms with Crippen molar-refractivity contribution in [3.63, 3.8) is 0 Å². The Morgan fingerprint density at radius 3 is 1.00 bits per heavy atom. The summed E-state index contributed by atoms with van der Waals surface area (Å²) in [5, 5.41) is 18.8. The zero-order valence-electron chi connectivity index (χ0n) is 12.6. The molecule has 0 aliphatic heterocycles. The van der Waals surface area contributed by atoms with Crippen LogP contribution >= 0.6 is 7.51 Å². The summed E-state index contributed by atoms with van der Waals surface area (Å²) in [5.41, 5.74) is 2.72. The number of anilines is 3. The van der Waals surface area contributed by atoms with Crippen molar-refractivity contribution < 1.29 is 0 Å². The zero-order chi connectivity index (χ0) is 16.0. The van der Waals surface area contributed by atoms with Crippen LogP contribution in [0.3, 0.4) is 0 Å². The highest BCUT2D eigenvalue weighted by Gasteiger charge is 2.17. The molecule has 5 heteroatoms. The van der Waals surface area contributed by atoms with Crippen LogP contribution in [0.2, 0.25) is 0 Å². The Morgan fingerprint density at radius 2 is 0.739 bits per heavy atom. The molecule has 4 nitrogen and oxygen atoms in total. The molecule has 4 N–H and O–H groups in total. The average Bonchev–Trinajstić information content (AvgIpc) is 2.57. The fourth-order valence-electron chi connectivity index (χ4n) is 2.20. The first-order valence-electron chi connectivity index (χ1n) is 7.38. The Kier molecular flexibility index (Phi) is 4.65. The van der Waals surface area contributed by atoms with Crippen LogP contribution in [0.25, 0.3) is 0 Å². The fourth-order valence-corrected chi connectivity index (χ4v) is 3.98. The number of hydrogen-bond donors (Lipinski definition) is 4. The highest BCUT2D eigenvalue weighted by atomic mass is 31.2. The number of hydrogen-bond acceptors (Lipinski definition) is 1. The molecule has 0 spiro atoms. The molecule has 0 aliphatic carbocycles. The third-order valence-corrected chi connectivity index (χ3v) is 4.99. The van der Waals surface area contributed by atoms with Gasteiger partial charge in [0.05, 0.1) is 0 Å². The van der Waals surface area contributed by atoms with Crippen molar-refractivity contribution in [1.29, 1.82) is 5.16 Å². The van der Waals surface area contributed by atoms with Gasteiger partial charge < -0.3 is 15.3 Å². The molecule has 116 valence electrons. The monoisotopic (exact) mass is 322 g/mol. The Morgan fingerprint density at radius 1 is 0.478 bits per heavy atom. The molecule has 0 saturated heterocycles. The minimum Gasteiger partial charge on any atom is -0.320 e. The van der Waals surface area contributed by atoms with E-state index in [0.29, 0.717) is 0 Å². The standard InChI is InChI=1S/C18H19N4P/c19-23(20-16-10-4-1-5-11-16,21-17-12-6-2-7-13-17)22-18-14-8-3-9-15-18/h1-15H,(H4,19,20,21,22). The Hall–Kier alpha value is -2.71. The molecule has 0 saturated carbocycles. The molecule has 3 aromatic carbocycles. The topological polar surface area (TPSA) is 59.9 Å². The van der Waals surface area contributed by atoms with Crippen molar-refractivity contribution in [1.82, 2.24) is 0 Å². The van der Waals surface area contributed by atoms with Crippen molar-refractivity contribution in [3.8, 4) is 0 Å². The van der Waals surface area contributed by atoms with Crippen LogP contribution < -0.4 is 15.3 Å². The van der Waals surface area contributed by atoms with E-state index in [9.17, 15) is 0 Å². The maximum absolute atomic E-state index is 8.91. The van der Waals surface area contributed by atoms with Crippen LogP contribution in [0, 0.1) is 5.16 Å². The van der Waals surface area contributed by atoms with Gasteiger partial charge in [-0.2, -0.15) is 0 Å². The third kappa shape index (κ3) is 4.38. The highest BCUT2D eigenvalue weighted by molar-refractivity contribution is 7.69. The number of para-hydroxylation sites is 3. The molecular weight excluding hydrogens is 303 g/mol. The van der Waals surface area contributed by atoms with Gasteiger partial charge in [0, 0.05) is 17.1 Å². The van der Waals surface area contributed by atoms with Crippen LogP contribution in [-0.2, 0) is 0 Å². The van der Waals surface area contributed by atoms with E-state index in [1.807, 2.05) is 91.0 Å². The summed E-state index contributed by atoms with van der Waals surface area (Å²) in [4.78, 5) is 0. The second-order valence-electron chi connectivity index (χ2n) is 5.10. The van der Waals surface area contributed by atoms with Crippen LogP contribution in [0.1, 0.15) is 0 Å². The molecule has 0 heterocycles. The summed E-state index contributed by atoms with van der Waals surface area (Å²) >= 11 is 0. The first kappa shape index (κ1) is 15.2. The summed E-state index contributed by atoms with van der Waals surface area (Å²) < 4.78 is 0. The van der Waals surface area contributed by atoms with Gasteiger partial charge in [0.2, 0.25) is 7.51 Å². The van der Waals surface area contributed by atoms with Gasteiger partial charge in [-0.3, -0.25) is 5.16 Å². The normalized spacial score (nSPS) is 10.8. The average molecular weight is 322 g/mol. The van der Waals surface area contributed by atoms with Crippen LogP contribution in [-0.4, -0.2) is 0 Å². The number of nitrogens with one attached hydrogen (secondary N) is 4. The van der Waals surface area contributed by atoms with E-state index in [1.54, 1.807) is 0 Å². The minimum absolute atomic E-state index is 0.905. The predicted octanol–water partition coefficient (Wildman–Crippen LogP) is 5.85. The molecule has 3 rings (SSSR count). The molecule has 23 heavy (non-hydrogen) atoms. The van der Waals surface area contributed by atoms with E-state index in [2.05, 4.69) is 15.3 Å². The van der Waals surface area contributed by atoms with E-state index in [1.165, 1.54) is 0 Å². The fraction of sp³-hybridized carbons (Fsp3) is 0. The van der Waals surface area contributed by atoms with Gasteiger partial charge in [0.15, 0.2) is 0 Å². The van der Waals surface area contributed by atoms with E-state index >= 15 is 0 Å². The summed E-state index contributed by atoms with van der Waals surface area (Å²) in [5.74, 6) is 0. The highest BCUT2D eigenvalue weighted by Crippen LogP contribution is 2.46. The summed E-state index contributed by atoms with van der Waals surface area (Å²) in [7, 11) is -2.64. The van der Waals surface area contributed by atoms with Crippen molar-refractivity contribution in [2.24, 2.45) is 0 Å². The molecule has 0 aliphatic rings. The van der Waals surface area contributed by atoms with E-state index in [0.717, 1.165) is 17.1 Å². The summed E-state index contributed by atoms with van der Waals surface area (Å²) in [6.07, 6.45) is 0. The van der Waals surface area contributed by atoms with Crippen molar-refractivity contribution >= 4 is 24.6 Å². The Labute approximate surface area is 136 Å². The molecule has 0 aromatic heterocycles. The van der Waals surface area contributed by atoms with E-state index in [-0.39, 0.29) is 0 Å². The molecule has 0 radical (unpaired) electrons. The predicted molar refractivity (Wildman–Crippen MR) is 99.8 cm³/mol. The molecule has 0 fully saturated rings. The molecule has 0 atom stereocenters. The SMILES string of the molecule is N=P(Nc1ccccc1)(Nc1ccccc1)Nc1ccccc1. The maximum atomic E-state index is 8.91. The largest absolute Gasteiger partial charge is 0.320 e. The quantitative estimate of drug-likeness (QED) is 0.431. The molecule has 3 aromatic rings. The lowest BCUT2D eigenvalue weighted by atomic mass is 10.3. The van der Waals surface area contributed by atoms with Gasteiger partial charge in [-0.05, 0) is 36.4 Å². The van der Waals surface area contributed by atoms with E-state index in [4.69, 9.17) is 5.16 Å². The van der Waals surface area contributed by atoms with Gasteiger partial charge in [-0.1, -0.05) is 54.6 Å². The molecule has 0 unspecified atom stereocenters. The van der Waals surface area contributed by atoms with Crippen molar-refractivity contribution in [2.45, 2.75) is 0 Å².